The van der Waals surface area contributed by atoms with Gasteiger partial charge in [-0.1, -0.05) is 20.8 Å². The number of hydrogen-bond acceptors (Lipinski definition) is 4. The van der Waals surface area contributed by atoms with E-state index in [1.165, 1.54) is 7.11 Å². The molecule has 0 aromatic carbocycles. The van der Waals surface area contributed by atoms with E-state index < -0.39 is 0 Å². The fourth-order valence-corrected chi connectivity index (χ4v) is 2.35. The lowest BCUT2D eigenvalue weighted by atomic mass is 9.96. The number of carbonyl (C=O) groups excluding carboxylic acids is 2. The van der Waals surface area contributed by atoms with Crippen molar-refractivity contribution in [2.75, 3.05) is 40.3 Å². The molecule has 1 heterocycles. The number of nitrogens with one attached hydrogen (secondary N) is 3. The molecule has 1 aliphatic rings. The molecule has 8 heteroatoms. The molecule has 0 radical (unpaired) electrons. The number of amides is 2. The quantitative estimate of drug-likeness (QED) is 0.394. The molecule has 1 saturated heterocycles. The Labute approximate surface area is 144 Å². The van der Waals surface area contributed by atoms with E-state index in [2.05, 4.69) is 20.9 Å². The monoisotopic (exact) mass is 341 g/mol. The summed E-state index contributed by atoms with van der Waals surface area (Å²) in [5, 5.41) is 9.42. The third kappa shape index (κ3) is 6.64. The molecule has 0 spiro atoms. The fourth-order valence-electron chi connectivity index (χ4n) is 2.35. The minimum atomic E-state index is -0.381. The summed E-state index contributed by atoms with van der Waals surface area (Å²) in [4.78, 5) is 29.1. The summed E-state index contributed by atoms with van der Waals surface area (Å²) in [7, 11) is 3.11. The maximum absolute atomic E-state index is 11.8. The standard InChI is InChI=1S/C16H31N5O3/c1-16(2,3)13(22)18-8-9-19-14(17-4)20-12-6-10-21(11-7-12)15(23)24-5/h12H,6-11H2,1-5H3,(H,18,22)(H2,17,19,20). The molecular formula is C16H31N5O3. The smallest absolute Gasteiger partial charge is 0.409 e. The number of nitrogens with zero attached hydrogens (tertiary/aromatic N) is 2. The van der Waals surface area contributed by atoms with Crippen LogP contribution in [-0.2, 0) is 9.53 Å². The van der Waals surface area contributed by atoms with Gasteiger partial charge in [0.15, 0.2) is 5.96 Å². The molecule has 0 saturated carbocycles. The molecule has 1 rings (SSSR count). The Morgan fingerprint density at radius 3 is 2.25 bits per heavy atom. The Morgan fingerprint density at radius 1 is 1.17 bits per heavy atom. The van der Waals surface area contributed by atoms with Gasteiger partial charge in [-0.3, -0.25) is 9.79 Å². The van der Waals surface area contributed by atoms with Crippen LogP contribution in [0.5, 0.6) is 0 Å². The predicted molar refractivity (Wildman–Crippen MR) is 94.0 cm³/mol. The van der Waals surface area contributed by atoms with Crippen molar-refractivity contribution in [3.8, 4) is 0 Å². The summed E-state index contributed by atoms with van der Waals surface area (Å²) in [6, 6.07) is 0.265. The number of likely N-dealkylation sites (tertiary alicyclic amines) is 1. The lowest BCUT2D eigenvalue weighted by Gasteiger charge is -2.32. The van der Waals surface area contributed by atoms with Crippen molar-refractivity contribution in [1.29, 1.82) is 0 Å². The van der Waals surface area contributed by atoms with E-state index in [0.717, 1.165) is 12.8 Å². The van der Waals surface area contributed by atoms with Crippen LogP contribution < -0.4 is 16.0 Å². The summed E-state index contributed by atoms with van der Waals surface area (Å²) in [6.45, 7) is 8.14. The van der Waals surface area contributed by atoms with Crippen LogP contribution in [0.15, 0.2) is 4.99 Å². The predicted octanol–water partition coefficient (Wildman–Crippen LogP) is 0.545. The summed E-state index contributed by atoms with van der Waals surface area (Å²) in [6.07, 6.45) is 1.41. The zero-order chi connectivity index (χ0) is 18.2. The summed E-state index contributed by atoms with van der Waals surface area (Å²) < 4.78 is 4.73. The maximum Gasteiger partial charge on any atom is 0.409 e. The SMILES string of the molecule is CN=C(NCCNC(=O)C(C)(C)C)NC1CCN(C(=O)OC)CC1. The second-order valence-electron chi connectivity index (χ2n) is 6.88. The highest BCUT2D eigenvalue weighted by atomic mass is 16.5. The second kappa shape index (κ2) is 9.34. The van der Waals surface area contributed by atoms with Crippen molar-refractivity contribution >= 4 is 18.0 Å². The molecule has 0 bridgehead atoms. The molecule has 138 valence electrons. The molecule has 1 fully saturated rings. The minimum absolute atomic E-state index is 0.0300. The molecule has 0 aromatic heterocycles. The fraction of sp³-hybridized carbons (Fsp3) is 0.812. The minimum Gasteiger partial charge on any atom is -0.453 e. The van der Waals surface area contributed by atoms with E-state index in [-0.39, 0.29) is 23.5 Å². The third-order valence-corrected chi connectivity index (χ3v) is 3.88. The molecule has 0 aromatic rings. The average Bonchev–Trinajstić information content (AvgIpc) is 2.56. The van der Waals surface area contributed by atoms with Gasteiger partial charge < -0.3 is 25.6 Å². The van der Waals surface area contributed by atoms with E-state index >= 15 is 0 Å². The number of guanidine groups is 1. The van der Waals surface area contributed by atoms with Gasteiger partial charge in [-0.2, -0.15) is 0 Å². The van der Waals surface area contributed by atoms with Gasteiger partial charge in [0.1, 0.15) is 0 Å². The van der Waals surface area contributed by atoms with Gasteiger partial charge in [-0.15, -0.1) is 0 Å². The number of hydrogen-bond donors (Lipinski definition) is 3. The van der Waals surface area contributed by atoms with Crippen LogP contribution in [0.1, 0.15) is 33.6 Å². The highest BCUT2D eigenvalue weighted by Crippen LogP contribution is 2.12. The molecule has 0 unspecified atom stereocenters. The second-order valence-corrected chi connectivity index (χ2v) is 6.88. The van der Waals surface area contributed by atoms with Gasteiger partial charge in [0.25, 0.3) is 0 Å². The number of rotatable bonds is 4. The third-order valence-electron chi connectivity index (χ3n) is 3.88. The lowest BCUT2D eigenvalue weighted by Crippen LogP contribution is -2.50. The van der Waals surface area contributed by atoms with E-state index in [9.17, 15) is 9.59 Å². The van der Waals surface area contributed by atoms with Gasteiger partial charge in [-0.25, -0.2) is 4.79 Å². The van der Waals surface area contributed by atoms with Crippen molar-refractivity contribution < 1.29 is 14.3 Å². The van der Waals surface area contributed by atoms with Gasteiger partial charge in [0, 0.05) is 44.7 Å². The summed E-state index contributed by atoms with van der Waals surface area (Å²) in [5.41, 5.74) is -0.381. The molecule has 2 amide bonds. The van der Waals surface area contributed by atoms with Crippen LogP contribution in [0.2, 0.25) is 0 Å². The van der Waals surface area contributed by atoms with Crippen molar-refractivity contribution in [3.63, 3.8) is 0 Å². The Bertz CT molecular complexity index is 451. The highest BCUT2D eigenvalue weighted by Gasteiger charge is 2.24. The number of piperidine rings is 1. The van der Waals surface area contributed by atoms with Crippen LogP contribution in [0.4, 0.5) is 4.79 Å². The molecule has 0 aliphatic carbocycles. The first-order valence-corrected chi connectivity index (χ1v) is 8.36. The van der Waals surface area contributed by atoms with Crippen LogP contribution in [-0.4, -0.2) is 69.2 Å². The molecule has 0 atom stereocenters. The Hall–Kier alpha value is -1.99. The number of methoxy groups -OCH3 is 1. The maximum atomic E-state index is 11.8. The lowest BCUT2D eigenvalue weighted by molar-refractivity contribution is -0.128. The van der Waals surface area contributed by atoms with E-state index in [0.29, 0.717) is 32.1 Å². The molecule has 3 N–H and O–H groups in total. The zero-order valence-electron chi connectivity index (χ0n) is 15.4. The Morgan fingerprint density at radius 2 is 1.75 bits per heavy atom. The van der Waals surface area contributed by atoms with Gasteiger partial charge in [-0.05, 0) is 12.8 Å². The number of carbonyl (C=O) groups is 2. The van der Waals surface area contributed by atoms with Gasteiger partial charge >= 0.3 is 6.09 Å². The van der Waals surface area contributed by atoms with Crippen molar-refractivity contribution in [2.45, 2.75) is 39.7 Å². The summed E-state index contributed by atoms with van der Waals surface area (Å²) >= 11 is 0. The molecule has 1 aliphatic heterocycles. The van der Waals surface area contributed by atoms with E-state index in [1.54, 1.807) is 11.9 Å². The largest absolute Gasteiger partial charge is 0.453 e. The molecule has 24 heavy (non-hydrogen) atoms. The first kappa shape index (κ1) is 20.1. The Kier molecular flexibility index (Phi) is 7.81. The van der Waals surface area contributed by atoms with Crippen molar-refractivity contribution in [1.82, 2.24) is 20.9 Å². The van der Waals surface area contributed by atoms with E-state index in [4.69, 9.17) is 4.74 Å². The number of ether oxygens (including phenoxy) is 1. The average molecular weight is 341 g/mol. The topological polar surface area (TPSA) is 95.1 Å². The van der Waals surface area contributed by atoms with Crippen LogP contribution in [0.25, 0.3) is 0 Å². The summed E-state index contributed by atoms with van der Waals surface area (Å²) in [5.74, 6) is 0.735. The zero-order valence-corrected chi connectivity index (χ0v) is 15.4. The van der Waals surface area contributed by atoms with Crippen LogP contribution in [0, 0.1) is 5.41 Å². The van der Waals surface area contributed by atoms with Crippen LogP contribution >= 0.6 is 0 Å². The Balaban J connectivity index is 2.27. The normalized spacial score (nSPS) is 16.5. The van der Waals surface area contributed by atoms with E-state index in [1.807, 2.05) is 20.8 Å². The first-order chi connectivity index (χ1) is 11.3. The highest BCUT2D eigenvalue weighted by molar-refractivity contribution is 5.82. The van der Waals surface area contributed by atoms with Gasteiger partial charge in [0.05, 0.1) is 7.11 Å². The van der Waals surface area contributed by atoms with Crippen molar-refractivity contribution in [2.24, 2.45) is 10.4 Å². The first-order valence-electron chi connectivity index (χ1n) is 8.36. The molecule has 8 nitrogen and oxygen atoms in total. The van der Waals surface area contributed by atoms with Gasteiger partial charge in [0.2, 0.25) is 5.91 Å². The van der Waals surface area contributed by atoms with Crippen molar-refractivity contribution in [3.05, 3.63) is 0 Å². The number of aliphatic imine (C=N–C) groups is 1. The van der Waals surface area contributed by atoms with Crippen LogP contribution in [0.3, 0.4) is 0 Å². The molecular weight excluding hydrogens is 310 g/mol.